The molecule has 3 heterocycles. The summed E-state index contributed by atoms with van der Waals surface area (Å²) in [6, 6.07) is 4.19. The fourth-order valence-electron chi connectivity index (χ4n) is 2.99. The van der Waals surface area contributed by atoms with Crippen LogP contribution in [0.25, 0.3) is 0 Å². The molecule has 0 saturated carbocycles. The van der Waals surface area contributed by atoms with Crippen molar-refractivity contribution in [2.24, 2.45) is 4.99 Å². The number of nitrogens with one attached hydrogen (secondary N) is 1. The third-order valence-electron chi connectivity index (χ3n) is 4.59. The molecule has 1 aliphatic rings. The average Bonchev–Trinajstić information content (AvgIpc) is 3.18. The van der Waals surface area contributed by atoms with Crippen molar-refractivity contribution in [1.29, 1.82) is 0 Å². The monoisotopic (exact) mass is 515 g/mol. The second-order valence-electron chi connectivity index (χ2n) is 6.61. The van der Waals surface area contributed by atoms with E-state index in [1.165, 1.54) is 17.1 Å². The van der Waals surface area contributed by atoms with E-state index >= 15 is 0 Å². The number of aryl methyl sites for hydroxylation is 2. The maximum absolute atomic E-state index is 4.83. The van der Waals surface area contributed by atoms with Gasteiger partial charge in [-0.1, -0.05) is 13.0 Å². The maximum Gasteiger partial charge on any atom is 0.205 e. The number of guanidine groups is 1. The van der Waals surface area contributed by atoms with E-state index in [0.717, 1.165) is 74.7 Å². The highest BCUT2D eigenvalue weighted by Gasteiger charge is 2.21. The predicted octanol–water partition coefficient (Wildman–Crippen LogP) is 2.75. The third kappa shape index (κ3) is 6.26. The third-order valence-corrected chi connectivity index (χ3v) is 5.41. The van der Waals surface area contributed by atoms with Gasteiger partial charge < -0.3 is 15.1 Å². The molecule has 2 aromatic rings. The van der Waals surface area contributed by atoms with Crippen LogP contribution >= 0.6 is 35.5 Å². The Morgan fingerprint density at radius 2 is 2.00 bits per heavy atom. The largest absolute Gasteiger partial charge is 0.357 e. The first kappa shape index (κ1) is 22.8. The van der Waals surface area contributed by atoms with Crippen LogP contribution in [-0.2, 0) is 12.8 Å². The summed E-state index contributed by atoms with van der Waals surface area (Å²) < 4.78 is 4.40. The average molecular weight is 515 g/mol. The number of hydrogen-bond donors (Lipinski definition) is 1. The van der Waals surface area contributed by atoms with E-state index in [9.17, 15) is 0 Å². The summed E-state index contributed by atoms with van der Waals surface area (Å²) in [5, 5.41) is 4.47. The summed E-state index contributed by atoms with van der Waals surface area (Å²) in [7, 11) is 0. The van der Waals surface area contributed by atoms with Gasteiger partial charge in [0, 0.05) is 69.1 Å². The molecule has 1 aliphatic heterocycles. The van der Waals surface area contributed by atoms with Crippen LogP contribution in [0.5, 0.6) is 0 Å². The number of nitrogens with zero attached hydrogens (tertiary/aromatic N) is 6. The van der Waals surface area contributed by atoms with Crippen molar-refractivity contribution in [3.05, 3.63) is 35.4 Å². The molecule has 7 nitrogen and oxygen atoms in total. The smallest absolute Gasteiger partial charge is 0.205 e. The van der Waals surface area contributed by atoms with Crippen LogP contribution in [0.2, 0.25) is 0 Å². The zero-order valence-corrected chi connectivity index (χ0v) is 20.0. The highest BCUT2D eigenvalue weighted by molar-refractivity contribution is 14.0. The molecule has 0 aromatic carbocycles. The van der Waals surface area contributed by atoms with Gasteiger partial charge in [0.15, 0.2) is 5.96 Å². The van der Waals surface area contributed by atoms with Crippen molar-refractivity contribution in [3.8, 4) is 0 Å². The summed E-state index contributed by atoms with van der Waals surface area (Å²) >= 11 is 1.51. The van der Waals surface area contributed by atoms with Crippen molar-refractivity contribution in [2.45, 2.75) is 33.6 Å². The van der Waals surface area contributed by atoms with Gasteiger partial charge in [0.05, 0.1) is 0 Å². The Kier molecular flexibility index (Phi) is 9.36. The minimum atomic E-state index is 0. The van der Waals surface area contributed by atoms with Crippen LogP contribution < -0.4 is 10.2 Å². The van der Waals surface area contributed by atoms with Gasteiger partial charge >= 0.3 is 0 Å². The molecule has 2 aromatic heterocycles. The lowest BCUT2D eigenvalue weighted by molar-refractivity contribution is 0.372. The Balaban J connectivity index is 0.00000280. The van der Waals surface area contributed by atoms with Gasteiger partial charge in [0.2, 0.25) is 5.13 Å². The SMILES string of the molecule is CCNC(=NCCc1ccc(C)nc1)N1CCN(c2nc(CC)ns2)CC1.I. The van der Waals surface area contributed by atoms with Gasteiger partial charge in [-0.2, -0.15) is 4.37 Å². The second-order valence-corrected chi connectivity index (χ2v) is 7.34. The van der Waals surface area contributed by atoms with Crippen molar-refractivity contribution in [3.63, 3.8) is 0 Å². The lowest BCUT2D eigenvalue weighted by Gasteiger charge is -2.36. The molecule has 0 radical (unpaired) electrons. The zero-order chi connectivity index (χ0) is 19.1. The number of anilines is 1. The predicted molar refractivity (Wildman–Crippen MR) is 127 cm³/mol. The van der Waals surface area contributed by atoms with Crippen molar-refractivity contribution >= 4 is 46.6 Å². The maximum atomic E-state index is 4.83. The Hall–Kier alpha value is -1.49. The van der Waals surface area contributed by atoms with E-state index in [4.69, 9.17) is 4.99 Å². The van der Waals surface area contributed by atoms with Gasteiger partial charge in [0.25, 0.3) is 0 Å². The van der Waals surface area contributed by atoms with Crippen LogP contribution in [0.15, 0.2) is 23.3 Å². The first-order valence-corrected chi connectivity index (χ1v) is 10.5. The van der Waals surface area contributed by atoms with Gasteiger partial charge in [-0.3, -0.25) is 9.98 Å². The standard InChI is InChI=1S/C19H29N7S.HI/c1-4-17-23-19(27-24-17)26-12-10-25(11-13-26)18(20-5-2)21-9-8-16-7-6-15(3)22-14-16;/h6-7,14H,4-5,8-13H2,1-3H3,(H,20,21);1H. The molecule has 1 saturated heterocycles. The lowest BCUT2D eigenvalue weighted by Crippen LogP contribution is -2.52. The molecule has 154 valence electrons. The van der Waals surface area contributed by atoms with E-state index in [2.05, 4.69) is 55.4 Å². The quantitative estimate of drug-likeness (QED) is 0.363. The summed E-state index contributed by atoms with van der Waals surface area (Å²) in [6.07, 6.45) is 3.75. The Labute approximate surface area is 188 Å². The molecule has 1 fully saturated rings. The highest BCUT2D eigenvalue weighted by atomic mass is 127. The van der Waals surface area contributed by atoms with Gasteiger partial charge in [-0.15, -0.1) is 24.0 Å². The van der Waals surface area contributed by atoms with E-state index in [-0.39, 0.29) is 24.0 Å². The van der Waals surface area contributed by atoms with Gasteiger partial charge in [-0.05, 0) is 31.9 Å². The fourth-order valence-corrected chi connectivity index (χ4v) is 3.79. The van der Waals surface area contributed by atoms with Crippen LogP contribution in [0.1, 0.15) is 30.9 Å². The Morgan fingerprint density at radius 3 is 2.61 bits per heavy atom. The van der Waals surface area contributed by atoms with E-state index in [1.54, 1.807) is 0 Å². The van der Waals surface area contributed by atoms with Crippen molar-refractivity contribution < 1.29 is 0 Å². The zero-order valence-electron chi connectivity index (χ0n) is 16.9. The molecule has 0 aliphatic carbocycles. The number of piperazine rings is 1. The van der Waals surface area contributed by atoms with Gasteiger partial charge in [0.1, 0.15) is 5.82 Å². The fraction of sp³-hybridized carbons (Fsp3) is 0.579. The van der Waals surface area contributed by atoms with Crippen LogP contribution in [-0.4, -0.2) is 64.5 Å². The molecule has 0 unspecified atom stereocenters. The second kappa shape index (κ2) is 11.5. The molecule has 0 atom stereocenters. The Bertz CT molecular complexity index is 739. The molecule has 9 heteroatoms. The normalized spacial score (nSPS) is 14.8. The number of halogens is 1. The molecular formula is C19H30IN7S. The van der Waals surface area contributed by atoms with Crippen molar-refractivity contribution in [1.82, 2.24) is 24.6 Å². The van der Waals surface area contributed by atoms with Crippen molar-refractivity contribution in [2.75, 3.05) is 44.2 Å². The highest BCUT2D eigenvalue weighted by Crippen LogP contribution is 2.19. The number of aromatic nitrogens is 3. The molecule has 0 amide bonds. The molecule has 0 bridgehead atoms. The number of pyridine rings is 1. The summed E-state index contributed by atoms with van der Waals surface area (Å²) in [4.78, 5) is 18.5. The van der Waals surface area contributed by atoms with E-state index in [1.807, 2.05) is 13.1 Å². The first-order chi connectivity index (χ1) is 13.2. The van der Waals surface area contributed by atoms with Gasteiger partial charge in [-0.25, -0.2) is 4.98 Å². The lowest BCUT2D eigenvalue weighted by atomic mass is 10.2. The van der Waals surface area contributed by atoms with Crippen LogP contribution in [0, 0.1) is 6.92 Å². The number of hydrogen-bond acceptors (Lipinski definition) is 6. The number of rotatable bonds is 6. The minimum Gasteiger partial charge on any atom is -0.357 e. The number of aliphatic imine (C=N–C) groups is 1. The van der Waals surface area contributed by atoms with Crippen LogP contribution in [0.3, 0.4) is 0 Å². The molecule has 3 rings (SSSR count). The molecule has 28 heavy (non-hydrogen) atoms. The first-order valence-electron chi connectivity index (χ1n) is 9.72. The molecule has 1 N–H and O–H groups in total. The topological polar surface area (TPSA) is 69.5 Å². The van der Waals surface area contributed by atoms with E-state index in [0.29, 0.717) is 0 Å². The summed E-state index contributed by atoms with van der Waals surface area (Å²) in [5.74, 6) is 1.95. The van der Waals surface area contributed by atoms with E-state index < -0.39 is 0 Å². The van der Waals surface area contributed by atoms with Crippen LogP contribution in [0.4, 0.5) is 5.13 Å². The molecular weight excluding hydrogens is 485 g/mol. The minimum absolute atomic E-state index is 0. The summed E-state index contributed by atoms with van der Waals surface area (Å²) in [5.41, 5.74) is 2.28. The Morgan fingerprint density at radius 1 is 1.21 bits per heavy atom. The summed E-state index contributed by atoms with van der Waals surface area (Å²) in [6.45, 7) is 11.6. The molecule has 0 spiro atoms.